The molecule has 2 heteroatoms. The predicted molar refractivity (Wildman–Crippen MR) is 79.8 cm³/mol. The van der Waals surface area contributed by atoms with Crippen LogP contribution in [0, 0.1) is 13.8 Å². The Labute approximate surface area is 113 Å². The van der Waals surface area contributed by atoms with Crippen LogP contribution in [0.5, 0.6) is 5.75 Å². The van der Waals surface area contributed by atoms with E-state index in [0.717, 1.165) is 11.3 Å². The second-order valence-corrected chi connectivity index (χ2v) is 4.83. The van der Waals surface area contributed by atoms with Crippen molar-refractivity contribution in [2.75, 3.05) is 7.11 Å². The van der Waals surface area contributed by atoms with Crippen molar-refractivity contribution in [3.8, 4) is 16.9 Å². The number of nitrogens with one attached hydrogen (secondary N) is 1. The third-order valence-electron chi connectivity index (χ3n) is 3.60. The highest BCUT2D eigenvalue weighted by atomic mass is 16.5. The van der Waals surface area contributed by atoms with Gasteiger partial charge in [0.05, 0.1) is 12.6 Å². The van der Waals surface area contributed by atoms with Gasteiger partial charge in [0, 0.05) is 16.6 Å². The Balaban J connectivity index is 2.40. The molecule has 19 heavy (non-hydrogen) atoms. The number of aryl methyl sites for hydroxylation is 2. The summed E-state index contributed by atoms with van der Waals surface area (Å²) in [5.41, 5.74) is 6.03. The average Bonchev–Trinajstić information content (AvgIpc) is 2.78. The number of benzene rings is 2. The molecule has 3 rings (SSSR count). The molecule has 0 bridgehead atoms. The zero-order valence-electron chi connectivity index (χ0n) is 11.4. The zero-order chi connectivity index (χ0) is 13.4. The monoisotopic (exact) mass is 251 g/mol. The fourth-order valence-electron chi connectivity index (χ4n) is 2.71. The van der Waals surface area contributed by atoms with Crippen LogP contribution in [0.15, 0.2) is 42.5 Å². The Morgan fingerprint density at radius 3 is 2.37 bits per heavy atom. The predicted octanol–water partition coefficient (Wildman–Crippen LogP) is 4.46. The first kappa shape index (κ1) is 11.8. The smallest absolute Gasteiger partial charge is 0.142 e. The van der Waals surface area contributed by atoms with Crippen LogP contribution in [-0.2, 0) is 0 Å². The van der Waals surface area contributed by atoms with E-state index in [4.69, 9.17) is 4.74 Å². The number of methoxy groups -OCH3 is 1. The van der Waals surface area contributed by atoms with Crippen LogP contribution in [0.2, 0.25) is 0 Å². The number of aromatic nitrogens is 1. The van der Waals surface area contributed by atoms with Crippen LogP contribution in [-0.4, -0.2) is 12.1 Å². The molecule has 0 unspecified atom stereocenters. The van der Waals surface area contributed by atoms with Gasteiger partial charge in [0.2, 0.25) is 0 Å². The Bertz CT molecular complexity index is 726. The Hall–Kier alpha value is -2.22. The van der Waals surface area contributed by atoms with Crippen LogP contribution in [0.4, 0.5) is 0 Å². The van der Waals surface area contributed by atoms with E-state index in [1.165, 1.54) is 27.8 Å². The first-order valence-corrected chi connectivity index (χ1v) is 6.43. The fourth-order valence-corrected chi connectivity index (χ4v) is 2.71. The summed E-state index contributed by atoms with van der Waals surface area (Å²) >= 11 is 0. The number of aromatic amines is 1. The van der Waals surface area contributed by atoms with Gasteiger partial charge in [-0.3, -0.25) is 0 Å². The lowest BCUT2D eigenvalue weighted by atomic mass is 9.99. The van der Waals surface area contributed by atoms with Crippen molar-refractivity contribution in [2.45, 2.75) is 13.8 Å². The molecular weight excluding hydrogens is 234 g/mol. The van der Waals surface area contributed by atoms with E-state index >= 15 is 0 Å². The maximum atomic E-state index is 5.46. The first-order chi connectivity index (χ1) is 9.22. The standard InChI is InChI=1S/C17H17NO/c1-11-9-10-14(19-3)17-15(11)16(12(2)18-17)13-7-5-4-6-8-13/h4-10,18H,1-3H3. The van der Waals surface area contributed by atoms with E-state index in [2.05, 4.69) is 49.2 Å². The number of H-pyrrole nitrogens is 1. The summed E-state index contributed by atoms with van der Waals surface area (Å²) in [5.74, 6) is 0.894. The van der Waals surface area contributed by atoms with Crippen molar-refractivity contribution in [2.24, 2.45) is 0 Å². The van der Waals surface area contributed by atoms with Gasteiger partial charge in [-0.05, 0) is 31.0 Å². The molecule has 0 saturated carbocycles. The van der Waals surface area contributed by atoms with Crippen LogP contribution in [0.3, 0.4) is 0 Å². The summed E-state index contributed by atoms with van der Waals surface area (Å²) in [7, 11) is 1.71. The molecule has 0 spiro atoms. The molecule has 96 valence electrons. The number of hydrogen-bond acceptors (Lipinski definition) is 1. The molecule has 1 aromatic heterocycles. The van der Waals surface area contributed by atoms with Crippen LogP contribution in [0.1, 0.15) is 11.3 Å². The molecule has 3 aromatic rings. The molecule has 2 aromatic carbocycles. The minimum absolute atomic E-state index is 0.894. The van der Waals surface area contributed by atoms with Crippen molar-refractivity contribution in [3.05, 3.63) is 53.7 Å². The molecule has 0 saturated heterocycles. The Kier molecular flexibility index (Phi) is 2.79. The summed E-state index contributed by atoms with van der Waals surface area (Å²) in [4.78, 5) is 3.46. The lowest BCUT2D eigenvalue weighted by Gasteiger charge is -2.06. The Morgan fingerprint density at radius 2 is 1.68 bits per heavy atom. The summed E-state index contributed by atoms with van der Waals surface area (Å²) in [6.07, 6.45) is 0. The lowest BCUT2D eigenvalue weighted by molar-refractivity contribution is 0.419. The van der Waals surface area contributed by atoms with Gasteiger partial charge in [0.25, 0.3) is 0 Å². The van der Waals surface area contributed by atoms with Crippen LogP contribution in [0.25, 0.3) is 22.0 Å². The van der Waals surface area contributed by atoms with Crippen molar-refractivity contribution >= 4 is 10.9 Å². The lowest BCUT2D eigenvalue weighted by Crippen LogP contribution is -1.86. The second-order valence-electron chi connectivity index (χ2n) is 4.83. The van der Waals surface area contributed by atoms with E-state index in [-0.39, 0.29) is 0 Å². The number of rotatable bonds is 2. The van der Waals surface area contributed by atoms with E-state index in [1.54, 1.807) is 7.11 Å². The molecule has 1 N–H and O–H groups in total. The molecule has 0 aliphatic rings. The van der Waals surface area contributed by atoms with Gasteiger partial charge in [-0.15, -0.1) is 0 Å². The van der Waals surface area contributed by atoms with E-state index in [9.17, 15) is 0 Å². The topological polar surface area (TPSA) is 25.0 Å². The quantitative estimate of drug-likeness (QED) is 0.714. The molecule has 0 aliphatic carbocycles. The summed E-state index contributed by atoms with van der Waals surface area (Å²) in [6.45, 7) is 4.25. The van der Waals surface area contributed by atoms with Crippen LogP contribution >= 0.6 is 0 Å². The molecule has 0 aliphatic heterocycles. The first-order valence-electron chi connectivity index (χ1n) is 6.43. The van der Waals surface area contributed by atoms with Crippen molar-refractivity contribution in [1.29, 1.82) is 0 Å². The van der Waals surface area contributed by atoms with E-state index in [1.807, 2.05) is 12.1 Å². The third-order valence-corrected chi connectivity index (χ3v) is 3.60. The highest BCUT2D eigenvalue weighted by Crippen LogP contribution is 2.38. The minimum Gasteiger partial charge on any atom is -0.495 e. The summed E-state index contributed by atoms with van der Waals surface area (Å²) < 4.78 is 5.46. The molecule has 0 atom stereocenters. The Morgan fingerprint density at radius 1 is 0.947 bits per heavy atom. The van der Waals surface area contributed by atoms with Gasteiger partial charge in [0.15, 0.2) is 0 Å². The second kappa shape index (κ2) is 4.47. The van der Waals surface area contributed by atoms with Crippen molar-refractivity contribution < 1.29 is 4.74 Å². The number of hydrogen-bond donors (Lipinski definition) is 1. The molecule has 0 radical (unpaired) electrons. The van der Waals surface area contributed by atoms with E-state index in [0.29, 0.717) is 0 Å². The van der Waals surface area contributed by atoms with Gasteiger partial charge in [-0.25, -0.2) is 0 Å². The maximum Gasteiger partial charge on any atom is 0.142 e. The number of fused-ring (bicyclic) bond motifs is 1. The van der Waals surface area contributed by atoms with Gasteiger partial charge in [-0.2, -0.15) is 0 Å². The number of ether oxygens (including phenoxy) is 1. The van der Waals surface area contributed by atoms with Gasteiger partial charge in [-0.1, -0.05) is 36.4 Å². The highest BCUT2D eigenvalue weighted by molar-refractivity contribution is 6.02. The summed E-state index contributed by atoms with van der Waals surface area (Å²) in [6, 6.07) is 14.6. The molecule has 2 nitrogen and oxygen atoms in total. The molecule has 0 fully saturated rings. The van der Waals surface area contributed by atoms with E-state index < -0.39 is 0 Å². The van der Waals surface area contributed by atoms with Gasteiger partial charge < -0.3 is 9.72 Å². The molecular formula is C17H17NO. The average molecular weight is 251 g/mol. The zero-order valence-corrected chi connectivity index (χ0v) is 11.4. The normalized spacial score (nSPS) is 10.9. The third kappa shape index (κ3) is 1.80. The van der Waals surface area contributed by atoms with Crippen LogP contribution < -0.4 is 4.74 Å². The van der Waals surface area contributed by atoms with Crippen molar-refractivity contribution in [1.82, 2.24) is 4.98 Å². The SMILES string of the molecule is COc1ccc(C)c2c(-c3ccccc3)c(C)[nH]c12. The molecule has 1 heterocycles. The minimum atomic E-state index is 0.894. The largest absolute Gasteiger partial charge is 0.495 e. The van der Waals surface area contributed by atoms with Gasteiger partial charge in [0.1, 0.15) is 5.75 Å². The highest BCUT2D eigenvalue weighted by Gasteiger charge is 2.15. The van der Waals surface area contributed by atoms with Crippen molar-refractivity contribution in [3.63, 3.8) is 0 Å². The maximum absolute atomic E-state index is 5.46. The molecule has 0 amide bonds. The van der Waals surface area contributed by atoms with Gasteiger partial charge >= 0.3 is 0 Å². The summed E-state index contributed by atoms with van der Waals surface area (Å²) in [5, 5.41) is 1.25. The fraction of sp³-hybridized carbons (Fsp3) is 0.176.